The number of alkyl halides is 3. The Morgan fingerprint density at radius 1 is 1.30 bits per heavy atom. The molecule has 1 aliphatic heterocycles. The number of nitrogens with zero attached hydrogens (tertiary/aromatic N) is 3. The van der Waals surface area contributed by atoms with Crippen molar-refractivity contribution < 1.29 is 27.6 Å². The minimum absolute atomic E-state index is 0.0379. The van der Waals surface area contributed by atoms with Gasteiger partial charge in [-0.1, -0.05) is 11.6 Å². The minimum Gasteiger partial charge on any atom is -0.465 e. The summed E-state index contributed by atoms with van der Waals surface area (Å²) in [6, 6.07) is 1.46. The van der Waals surface area contributed by atoms with Gasteiger partial charge in [-0.05, 0) is 19.4 Å². The Labute approximate surface area is 158 Å². The molecule has 2 rings (SSSR count). The van der Waals surface area contributed by atoms with Gasteiger partial charge in [-0.2, -0.15) is 13.2 Å². The lowest BCUT2D eigenvalue weighted by molar-refractivity contribution is -0.384. The highest BCUT2D eigenvalue weighted by Crippen LogP contribution is 2.41. The van der Waals surface area contributed by atoms with Gasteiger partial charge in [0, 0.05) is 32.2 Å². The Bertz CT molecular complexity index is 715. The number of benzene rings is 1. The Morgan fingerprint density at radius 2 is 2.00 bits per heavy atom. The van der Waals surface area contributed by atoms with Gasteiger partial charge in [0.05, 0.1) is 28.7 Å². The van der Waals surface area contributed by atoms with Gasteiger partial charge in [0.1, 0.15) is 5.69 Å². The molecule has 1 aliphatic rings. The second-order valence-corrected chi connectivity index (χ2v) is 6.40. The van der Waals surface area contributed by atoms with Crippen LogP contribution in [0.4, 0.5) is 24.5 Å². The topological polar surface area (TPSA) is 75.9 Å². The van der Waals surface area contributed by atoms with E-state index in [0.29, 0.717) is 38.7 Å². The van der Waals surface area contributed by atoms with Gasteiger partial charge >= 0.3 is 12.1 Å². The molecule has 7 nitrogen and oxygen atoms in total. The number of nitro groups is 1. The average molecular weight is 410 g/mol. The molecule has 0 bridgehead atoms. The molecule has 0 radical (unpaired) electrons. The van der Waals surface area contributed by atoms with Crippen LogP contribution in [0.3, 0.4) is 0 Å². The molecule has 1 saturated heterocycles. The lowest BCUT2D eigenvalue weighted by Gasteiger charge is -2.24. The van der Waals surface area contributed by atoms with Gasteiger partial charge in [-0.25, -0.2) is 0 Å². The molecule has 1 heterocycles. The van der Waals surface area contributed by atoms with Crippen molar-refractivity contribution in [2.75, 3.05) is 44.2 Å². The maximum absolute atomic E-state index is 13.0. The lowest BCUT2D eigenvalue weighted by atomic mass is 10.1. The molecule has 0 unspecified atom stereocenters. The number of hydrogen-bond donors (Lipinski definition) is 0. The van der Waals surface area contributed by atoms with E-state index in [4.69, 9.17) is 16.3 Å². The standard InChI is InChI=1S/C16H19ClF3N3O4/c1-2-27-15(24)10-21-4-3-5-22(7-6-21)13-9-12(17)11(16(18,19)20)8-14(13)23(25)26/h8-9H,2-7,10H2,1H3. The summed E-state index contributed by atoms with van der Waals surface area (Å²) in [5.74, 6) is -0.366. The number of anilines is 1. The van der Waals surface area contributed by atoms with Crippen molar-refractivity contribution in [1.29, 1.82) is 0 Å². The molecule has 0 spiro atoms. The maximum Gasteiger partial charge on any atom is 0.418 e. The first-order valence-corrected chi connectivity index (χ1v) is 8.69. The van der Waals surface area contributed by atoms with Crippen LogP contribution in [0.2, 0.25) is 5.02 Å². The molecule has 150 valence electrons. The summed E-state index contributed by atoms with van der Waals surface area (Å²) in [7, 11) is 0. The number of nitro benzene ring substituents is 1. The first kappa shape index (κ1) is 21.2. The van der Waals surface area contributed by atoms with Crippen LogP contribution in [0.25, 0.3) is 0 Å². The third-order valence-corrected chi connectivity index (χ3v) is 4.47. The van der Waals surface area contributed by atoms with Crippen LogP contribution in [-0.2, 0) is 15.7 Å². The van der Waals surface area contributed by atoms with E-state index < -0.39 is 27.4 Å². The summed E-state index contributed by atoms with van der Waals surface area (Å²) in [5, 5.41) is 10.7. The number of hydrogen-bond acceptors (Lipinski definition) is 6. The number of halogens is 4. The van der Waals surface area contributed by atoms with Crippen molar-refractivity contribution in [3.05, 3.63) is 32.8 Å². The van der Waals surface area contributed by atoms with Gasteiger partial charge in [0.2, 0.25) is 0 Å². The predicted octanol–water partition coefficient (Wildman–Crippen LogP) is 3.34. The fourth-order valence-corrected chi connectivity index (χ4v) is 3.19. The summed E-state index contributed by atoms with van der Waals surface area (Å²) >= 11 is 5.74. The molecule has 0 N–H and O–H groups in total. The van der Waals surface area contributed by atoms with Gasteiger partial charge in [-0.15, -0.1) is 0 Å². The predicted molar refractivity (Wildman–Crippen MR) is 93.0 cm³/mol. The van der Waals surface area contributed by atoms with Gasteiger partial charge in [-0.3, -0.25) is 19.8 Å². The quantitative estimate of drug-likeness (QED) is 0.422. The largest absolute Gasteiger partial charge is 0.465 e. The Kier molecular flexibility index (Phi) is 6.88. The zero-order valence-electron chi connectivity index (χ0n) is 14.6. The van der Waals surface area contributed by atoms with Crippen LogP contribution in [-0.4, -0.2) is 55.1 Å². The molecule has 27 heavy (non-hydrogen) atoms. The van der Waals surface area contributed by atoms with Crippen molar-refractivity contribution in [2.24, 2.45) is 0 Å². The molecule has 11 heteroatoms. The molecule has 1 fully saturated rings. The fraction of sp³-hybridized carbons (Fsp3) is 0.562. The molecular formula is C16H19ClF3N3O4. The molecular weight excluding hydrogens is 391 g/mol. The van der Waals surface area contributed by atoms with Gasteiger partial charge < -0.3 is 9.64 Å². The third kappa shape index (κ3) is 5.46. The number of carbonyl (C=O) groups is 1. The molecule has 1 aromatic carbocycles. The van der Waals surface area contributed by atoms with E-state index in [2.05, 4.69) is 0 Å². The molecule has 0 atom stereocenters. The molecule has 0 aliphatic carbocycles. The van der Waals surface area contributed by atoms with E-state index in [1.165, 1.54) is 0 Å². The van der Waals surface area contributed by atoms with Crippen molar-refractivity contribution in [2.45, 2.75) is 19.5 Å². The summed E-state index contributed by atoms with van der Waals surface area (Å²) in [6.07, 6.45) is -4.20. The highest BCUT2D eigenvalue weighted by atomic mass is 35.5. The van der Waals surface area contributed by atoms with E-state index in [9.17, 15) is 28.1 Å². The summed E-state index contributed by atoms with van der Waals surface area (Å²) in [6.45, 7) is 3.75. The van der Waals surface area contributed by atoms with Crippen molar-refractivity contribution >= 4 is 28.9 Å². The second kappa shape index (κ2) is 8.75. The zero-order chi connectivity index (χ0) is 20.2. The van der Waals surface area contributed by atoms with Crippen molar-refractivity contribution in [3.63, 3.8) is 0 Å². The normalized spacial score (nSPS) is 16.1. The molecule has 1 aromatic rings. The van der Waals surface area contributed by atoms with E-state index in [1.807, 2.05) is 4.90 Å². The van der Waals surface area contributed by atoms with E-state index in [0.717, 1.165) is 6.07 Å². The van der Waals surface area contributed by atoms with Crippen LogP contribution in [0.15, 0.2) is 12.1 Å². The van der Waals surface area contributed by atoms with E-state index in [-0.39, 0.29) is 24.8 Å². The smallest absolute Gasteiger partial charge is 0.418 e. The Hall–Kier alpha value is -2.07. The van der Waals surface area contributed by atoms with Crippen LogP contribution in [0.5, 0.6) is 0 Å². The highest BCUT2D eigenvalue weighted by Gasteiger charge is 2.37. The first-order valence-electron chi connectivity index (χ1n) is 8.31. The number of ether oxygens (including phenoxy) is 1. The van der Waals surface area contributed by atoms with E-state index >= 15 is 0 Å². The van der Waals surface area contributed by atoms with Crippen LogP contribution in [0, 0.1) is 10.1 Å². The van der Waals surface area contributed by atoms with Crippen molar-refractivity contribution in [3.8, 4) is 0 Å². The monoisotopic (exact) mass is 409 g/mol. The first-order chi connectivity index (χ1) is 12.6. The van der Waals surface area contributed by atoms with Crippen LogP contribution >= 0.6 is 11.6 Å². The number of carbonyl (C=O) groups excluding carboxylic acids is 1. The number of esters is 1. The fourth-order valence-electron chi connectivity index (χ4n) is 2.93. The molecule has 0 amide bonds. The lowest BCUT2D eigenvalue weighted by Crippen LogP contribution is -2.35. The molecule has 0 saturated carbocycles. The summed E-state index contributed by atoms with van der Waals surface area (Å²) in [4.78, 5) is 25.5. The Balaban J connectivity index is 2.23. The molecule has 0 aromatic heterocycles. The second-order valence-electron chi connectivity index (χ2n) is 6.00. The summed E-state index contributed by atoms with van der Waals surface area (Å²) < 4.78 is 43.9. The average Bonchev–Trinajstić information content (AvgIpc) is 2.78. The SMILES string of the molecule is CCOC(=O)CN1CCCN(c2cc(Cl)c(C(F)(F)F)cc2[N+](=O)[O-])CC1. The third-order valence-electron chi connectivity index (χ3n) is 4.15. The zero-order valence-corrected chi connectivity index (χ0v) is 15.3. The van der Waals surface area contributed by atoms with Gasteiger partial charge in [0.25, 0.3) is 5.69 Å². The maximum atomic E-state index is 13.0. The van der Waals surface area contributed by atoms with Gasteiger partial charge in [0.15, 0.2) is 0 Å². The van der Waals surface area contributed by atoms with Crippen molar-refractivity contribution in [1.82, 2.24) is 4.90 Å². The van der Waals surface area contributed by atoms with E-state index in [1.54, 1.807) is 11.8 Å². The van der Waals surface area contributed by atoms with Crippen LogP contribution < -0.4 is 4.90 Å². The summed E-state index contributed by atoms with van der Waals surface area (Å²) in [5.41, 5.74) is -1.85. The number of rotatable bonds is 5. The highest BCUT2D eigenvalue weighted by molar-refractivity contribution is 6.31. The minimum atomic E-state index is -4.78. The van der Waals surface area contributed by atoms with Crippen LogP contribution in [0.1, 0.15) is 18.9 Å². The Morgan fingerprint density at radius 3 is 2.59 bits per heavy atom.